The minimum atomic E-state index is 0.00701. The van der Waals surface area contributed by atoms with Crippen LogP contribution in [0.4, 0.5) is 0 Å². The Hall–Kier alpha value is -2.15. The van der Waals surface area contributed by atoms with Crippen molar-refractivity contribution >= 4 is 5.91 Å². The van der Waals surface area contributed by atoms with Crippen molar-refractivity contribution in [1.82, 2.24) is 15.6 Å². The Labute approximate surface area is 140 Å². The number of carbonyl (C=O) groups excluding carboxylic acids is 1. The van der Waals surface area contributed by atoms with Gasteiger partial charge in [0.15, 0.2) is 0 Å². The highest BCUT2D eigenvalue weighted by Crippen LogP contribution is 2.20. The molecule has 0 saturated carbocycles. The van der Waals surface area contributed by atoms with E-state index < -0.39 is 0 Å². The predicted octanol–water partition coefficient (Wildman–Crippen LogP) is 1.89. The molecule has 0 spiro atoms. The molecule has 2 aromatic rings. The Morgan fingerprint density at radius 1 is 1.25 bits per heavy atom. The molecule has 1 fully saturated rings. The fourth-order valence-corrected chi connectivity index (χ4v) is 3.11. The molecule has 1 N–H and O–H groups in total. The van der Waals surface area contributed by atoms with Gasteiger partial charge in [0.05, 0.1) is 30.6 Å². The van der Waals surface area contributed by atoms with Crippen molar-refractivity contribution in [2.24, 2.45) is 5.92 Å². The van der Waals surface area contributed by atoms with Gasteiger partial charge in [0, 0.05) is 30.4 Å². The molecule has 24 heavy (non-hydrogen) atoms. The summed E-state index contributed by atoms with van der Waals surface area (Å²) >= 11 is 0. The number of nitrogens with zero attached hydrogens (tertiary/aromatic N) is 2. The van der Waals surface area contributed by atoms with Gasteiger partial charge in [-0.3, -0.25) is 4.79 Å². The number of aromatic nitrogens is 2. The molecule has 0 radical (unpaired) electrons. The molecule has 7 nitrogen and oxygen atoms in total. The maximum Gasteiger partial charge on any atom is 0.220 e. The molecular weight excluding hydrogens is 310 g/mol. The zero-order valence-corrected chi connectivity index (χ0v) is 14.3. The van der Waals surface area contributed by atoms with Crippen molar-refractivity contribution in [3.63, 3.8) is 0 Å². The first-order valence-corrected chi connectivity index (χ1v) is 8.24. The van der Waals surface area contributed by atoms with E-state index in [2.05, 4.69) is 15.6 Å². The molecule has 0 bridgehead atoms. The fraction of sp³-hybridized carbons (Fsp3) is 0.588. The summed E-state index contributed by atoms with van der Waals surface area (Å²) in [5.41, 5.74) is 2.73. The zero-order chi connectivity index (χ0) is 17.1. The second-order valence-electron chi connectivity index (χ2n) is 6.41. The number of rotatable bonds is 6. The normalized spacial score (nSPS) is 20.5. The van der Waals surface area contributed by atoms with Gasteiger partial charge in [-0.1, -0.05) is 10.3 Å². The van der Waals surface area contributed by atoms with Crippen LogP contribution < -0.4 is 5.32 Å². The molecule has 1 amide bonds. The van der Waals surface area contributed by atoms with E-state index in [-0.39, 0.29) is 17.9 Å². The quantitative estimate of drug-likeness (QED) is 0.868. The van der Waals surface area contributed by atoms with Gasteiger partial charge in [-0.05, 0) is 27.2 Å². The van der Waals surface area contributed by atoms with Crippen molar-refractivity contribution in [3.05, 3.63) is 34.5 Å². The molecule has 2 aromatic heterocycles. The van der Waals surface area contributed by atoms with Crippen molar-refractivity contribution in [1.29, 1.82) is 0 Å². The van der Waals surface area contributed by atoms with Crippen LogP contribution in [0.5, 0.6) is 0 Å². The van der Waals surface area contributed by atoms with Crippen LogP contribution in [0.3, 0.4) is 0 Å². The monoisotopic (exact) mass is 333 g/mol. The van der Waals surface area contributed by atoms with E-state index >= 15 is 0 Å². The average Bonchev–Trinajstić information content (AvgIpc) is 3.22. The molecule has 3 heterocycles. The van der Waals surface area contributed by atoms with Gasteiger partial charge in [0.25, 0.3) is 0 Å². The summed E-state index contributed by atoms with van der Waals surface area (Å²) in [6, 6.07) is 1.93. The zero-order valence-electron chi connectivity index (χ0n) is 14.3. The third kappa shape index (κ3) is 3.84. The number of hydrogen-bond donors (Lipinski definition) is 1. The summed E-state index contributed by atoms with van der Waals surface area (Å²) in [5, 5.41) is 10.9. The molecular formula is C17H23N3O4. The largest absolute Gasteiger partial charge is 0.379 e. The standard InChI is InChI=1S/C17H23N3O4/c1-10-6-14(24-19-10)7-13-8-22-9-16(13)18-17(21)5-4-15-11(2)20-23-12(15)3/h6,13,16H,4-5,7-9H2,1-3H3,(H,18,21)/t13-,16+/m1/s1. The van der Waals surface area contributed by atoms with E-state index in [1.54, 1.807) is 0 Å². The number of nitrogens with one attached hydrogen (secondary N) is 1. The molecule has 3 rings (SSSR count). The second-order valence-corrected chi connectivity index (χ2v) is 6.41. The number of aryl methyl sites for hydroxylation is 3. The molecule has 1 saturated heterocycles. The highest BCUT2D eigenvalue weighted by atomic mass is 16.5. The van der Waals surface area contributed by atoms with E-state index in [0.717, 1.165) is 34.9 Å². The lowest BCUT2D eigenvalue weighted by molar-refractivity contribution is -0.122. The summed E-state index contributed by atoms with van der Waals surface area (Å²) < 4.78 is 15.9. The van der Waals surface area contributed by atoms with Gasteiger partial charge < -0.3 is 19.1 Å². The highest BCUT2D eigenvalue weighted by molar-refractivity contribution is 5.76. The first-order chi connectivity index (χ1) is 11.5. The first kappa shape index (κ1) is 16.7. The van der Waals surface area contributed by atoms with Crippen LogP contribution in [0.2, 0.25) is 0 Å². The summed E-state index contributed by atoms with van der Waals surface area (Å²) in [5.74, 6) is 1.84. The lowest BCUT2D eigenvalue weighted by Gasteiger charge is -2.18. The summed E-state index contributed by atoms with van der Waals surface area (Å²) in [6.45, 7) is 6.81. The van der Waals surface area contributed by atoms with Crippen LogP contribution >= 0.6 is 0 Å². The highest BCUT2D eigenvalue weighted by Gasteiger charge is 2.30. The molecule has 0 aliphatic carbocycles. The van der Waals surface area contributed by atoms with Crippen molar-refractivity contribution < 1.29 is 18.6 Å². The van der Waals surface area contributed by atoms with Gasteiger partial charge in [-0.25, -0.2) is 0 Å². The predicted molar refractivity (Wildman–Crippen MR) is 85.5 cm³/mol. The van der Waals surface area contributed by atoms with Crippen molar-refractivity contribution in [2.45, 2.75) is 46.1 Å². The van der Waals surface area contributed by atoms with E-state index in [0.29, 0.717) is 26.1 Å². The molecule has 1 aliphatic rings. The van der Waals surface area contributed by atoms with Crippen molar-refractivity contribution in [3.8, 4) is 0 Å². The van der Waals surface area contributed by atoms with Crippen LogP contribution in [0.15, 0.2) is 15.1 Å². The third-order valence-corrected chi connectivity index (χ3v) is 4.47. The lowest BCUT2D eigenvalue weighted by atomic mass is 9.98. The van der Waals surface area contributed by atoms with Crippen LogP contribution in [0, 0.1) is 26.7 Å². The van der Waals surface area contributed by atoms with Crippen LogP contribution in [0.25, 0.3) is 0 Å². The minimum absolute atomic E-state index is 0.00701. The van der Waals surface area contributed by atoms with Crippen LogP contribution in [-0.2, 0) is 22.4 Å². The Balaban J connectivity index is 1.51. The molecule has 1 aliphatic heterocycles. The Kier molecular flexibility index (Phi) is 4.99. The van der Waals surface area contributed by atoms with Gasteiger partial charge in [0.1, 0.15) is 11.5 Å². The third-order valence-electron chi connectivity index (χ3n) is 4.47. The number of hydrogen-bond acceptors (Lipinski definition) is 6. The van der Waals surface area contributed by atoms with Gasteiger partial charge in [-0.15, -0.1) is 0 Å². The molecule has 130 valence electrons. The van der Waals surface area contributed by atoms with Crippen LogP contribution in [0.1, 0.15) is 34.9 Å². The van der Waals surface area contributed by atoms with Gasteiger partial charge >= 0.3 is 0 Å². The first-order valence-electron chi connectivity index (χ1n) is 8.24. The van der Waals surface area contributed by atoms with E-state index in [4.69, 9.17) is 13.8 Å². The summed E-state index contributed by atoms with van der Waals surface area (Å²) in [6.07, 6.45) is 1.76. The number of ether oxygens (including phenoxy) is 1. The Morgan fingerprint density at radius 3 is 2.75 bits per heavy atom. The van der Waals surface area contributed by atoms with E-state index in [1.807, 2.05) is 26.8 Å². The molecule has 7 heteroatoms. The fourth-order valence-electron chi connectivity index (χ4n) is 3.11. The second kappa shape index (κ2) is 7.17. The number of carbonyl (C=O) groups is 1. The summed E-state index contributed by atoms with van der Waals surface area (Å²) in [7, 11) is 0. The average molecular weight is 333 g/mol. The minimum Gasteiger partial charge on any atom is -0.379 e. The molecule has 2 atom stereocenters. The topological polar surface area (TPSA) is 90.4 Å². The smallest absolute Gasteiger partial charge is 0.220 e. The van der Waals surface area contributed by atoms with E-state index in [9.17, 15) is 4.79 Å². The van der Waals surface area contributed by atoms with E-state index in [1.165, 1.54) is 0 Å². The molecule has 0 aromatic carbocycles. The van der Waals surface area contributed by atoms with Crippen molar-refractivity contribution in [2.75, 3.05) is 13.2 Å². The number of amides is 1. The van der Waals surface area contributed by atoms with Crippen LogP contribution in [-0.4, -0.2) is 35.5 Å². The molecule has 0 unspecified atom stereocenters. The SMILES string of the molecule is Cc1cc(C[C@@H]2COC[C@@H]2NC(=O)CCc2c(C)noc2C)on1. The maximum absolute atomic E-state index is 12.3. The van der Waals surface area contributed by atoms with Gasteiger partial charge in [-0.2, -0.15) is 0 Å². The Bertz CT molecular complexity index is 687. The summed E-state index contributed by atoms with van der Waals surface area (Å²) in [4.78, 5) is 12.3. The van der Waals surface area contributed by atoms with Gasteiger partial charge in [0.2, 0.25) is 5.91 Å². The Morgan fingerprint density at radius 2 is 2.08 bits per heavy atom. The maximum atomic E-state index is 12.3. The lowest BCUT2D eigenvalue weighted by Crippen LogP contribution is -2.40.